The summed E-state index contributed by atoms with van der Waals surface area (Å²) >= 11 is 0. The van der Waals surface area contributed by atoms with Crippen molar-refractivity contribution in [3.8, 4) is 0 Å². The molecule has 0 radical (unpaired) electrons. The first-order valence-electron chi connectivity index (χ1n) is 5.34. The first-order valence-corrected chi connectivity index (χ1v) is 5.34. The number of nitrogens with zero attached hydrogens (tertiary/aromatic N) is 2. The molecule has 3 rings (SSSR count). The Bertz CT molecular complexity index is 488. The number of aromatic nitrogens is 2. The van der Waals surface area contributed by atoms with Crippen LogP contribution in [-0.2, 0) is 20.0 Å². The van der Waals surface area contributed by atoms with Gasteiger partial charge in [0.05, 0.1) is 13.6 Å². The molecule has 88 valence electrons. The van der Waals surface area contributed by atoms with Crippen LogP contribution in [-0.4, -0.2) is 4.57 Å². The second kappa shape index (κ2) is 5.00. The van der Waals surface area contributed by atoms with Crippen LogP contribution < -0.4 is 21.5 Å². The van der Waals surface area contributed by atoms with Crippen LogP contribution in [0.1, 0.15) is 26.1 Å². The molecule has 3 heteroatoms. The smallest absolute Gasteiger partial charge is 0.257 e. The van der Waals surface area contributed by atoms with Crippen LogP contribution in [0.3, 0.4) is 0 Å². The fourth-order valence-electron chi connectivity index (χ4n) is 2.54. The fraction of sp³-hybridized carbons (Fsp3) is 0.462. The molecule has 0 aliphatic carbocycles. The van der Waals surface area contributed by atoms with Gasteiger partial charge in [0.25, 0.3) is 5.82 Å². The molecule has 0 bridgehead atoms. The SMILES string of the molecule is C.C[n+]1c2n(c3ccccc31)CCCC2.[Br-]. The zero-order valence-corrected chi connectivity index (χ0v) is 10.5. The summed E-state index contributed by atoms with van der Waals surface area (Å²) in [4.78, 5) is 0. The van der Waals surface area contributed by atoms with Crippen molar-refractivity contribution >= 4 is 11.0 Å². The van der Waals surface area contributed by atoms with Crippen molar-refractivity contribution in [1.29, 1.82) is 0 Å². The number of hydrogen-bond acceptors (Lipinski definition) is 0. The Labute approximate surface area is 108 Å². The van der Waals surface area contributed by atoms with Crippen molar-refractivity contribution in [3.05, 3.63) is 30.1 Å². The Morgan fingerprint density at radius 1 is 1.19 bits per heavy atom. The zero-order valence-electron chi connectivity index (χ0n) is 8.91. The van der Waals surface area contributed by atoms with Gasteiger partial charge in [0, 0.05) is 6.42 Å². The van der Waals surface area contributed by atoms with E-state index in [0.29, 0.717) is 0 Å². The van der Waals surface area contributed by atoms with Gasteiger partial charge in [0.1, 0.15) is 0 Å². The van der Waals surface area contributed by atoms with Gasteiger partial charge in [-0.25, -0.2) is 9.13 Å². The maximum Gasteiger partial charge on any atom is 0.257 e. The van der Waals surface area contributed by atoms with E-state index in [9.17, 15) is 0 Å². The van der Waals surface area contributed by atoms with Crippen LogP contribution in [0.5, 0.6) is 0 Å². The molecular formula is C13H19BrN2. The van der Waals surface area contributed by atoms with E-state index in [-0.39, 0.29) is 24.4 Å². The molecule has 0 spiro atoms. The summed E-state index contributed by atoms with van der Waals surface area (Å²) in [6.07, 6.45) is 3.89. The van der Waals surface area contributed by atoms with Crippen molar-refractivity contribution in [2.75, 3.05) is 0 Å². The molecule has 16 heavy (non-hydrogen) atoms. The lowest BCUT2D eigenvalue weighted by molar-refractivity contribution is -0.654. The number of hydrogen-bond donors (Lipinski definition) is 0. The van der Waals surface area contributed by atoms with Crippen molar-refractivity contribution in [3.63, 3.8) is 0 Å². The maximum atomic E-state index is 2.47. The molecule has 2 heterocycles. The molecule has 0 atom stereocenters. The molecule has 1 aliphatic rings. The molecule has 0 unspecified atom stereocenters. The third kappa shape index (κ3) is 1.77. The molecule has 1 aromatic heterocycles. The quantitative estimate of drug-likeness (QED) is 0.573. The van der Waals surface area contributed by atoms with Gasteiger partial charge in [-0.2, -0.15) is 0 Å². The number of halogens is 1. The average molecular weight is 283 g/mol. The Balaban J connectivity index is 0.000000640. The minimum atomic E-state index is 0. The predicted molar refractivity (Wildman–Crippen MR) is 62.8 cm³/mol. The van der Waals surface area contributed by atoms with E-state index < -0.39 is 0 Å². The van der Waals surface area contributed by atoms with E-state index in [4.69, 9.17) is 0 Å². The molecule has 2 nitrogen and oxygen atoms in total. The summed E-state index contributed by atoms with van der Waals surface area (Å²) in [6, 6.07) is 8.68. The number of rotatable bonds is 0. The van der Waals surface area contributed by atoms with Gasteiger partial charge >= 0.3 is 0 Å². The Morgan fingerprint density at radius 3 is 2.75 bits per heavy atom. The summed E-state index contributed by atoms with van der Waals surface area (Å²) < 4.78 is 4.81. The van der Waals surface area contributed by atoms with Gasteiger partial charge in [-0.3, -0.25) is 0 Å². The molecule has 0 saturated carbocycles. The Kier molecular flexibility index (Phi) is 4.14. The molecule has 0 fully saturated rings. The fourth-order valence-corrected chi connectivity index (χ4v) is 2.54. The predicted octanol–water partition coefficient (Wildman–Crippen LogP) is -0.558. The lowest BCUT2D eigenvalue weighted by atomic mass is 10.1. The monoisotopic (exact) mass is 282 g/mol. The second-order valence-corrected chi connectivity index (χ2v) is 4.07. The molecule has 0 saturated heterocycles. The van der Waals surface area contributed by atoms with E-state index in [2.05, 4.69) is 40.4 Å². The van der Waals surface area contributed by atoms with E-state index in [0.717, 1.165) is 0 Å². The van der Waals surface area contributed by atoms with E-state index in [1.165, 1.54) is 42.7 Å². The highest BCUT2D eigenvalue weighted by atomic mass is 79.9. The summed E-state index contributed by atoms with van der Waals surface area (Å²) in [5.41, 5.74) is 2.76. The highest BCUT2D eigenvalue weighted by Crippen LogP contribution is 2.19. The normalized spacial score (nSPS) is 13.8. The summed E-state index contributed by atoms with van der Waals surface area (Å²) in [6.45, 7) is 1.19. The number of imidazole rings is 1. The van der Waals surface area contributed by atoms with Gasteiger partial charge in [-0.15, -0.1) is 0 Å². The maximum absolute atomic E-state index is 2.47. The Morgan fingerprint density at radius 2 is 1.94 bits per heavy atom. The standard InChI is InChI=1S/C12H15N2.CH4.BrH/c1-13-10-6-2-3-7-11(10)14-9-5-4-8-12(13)14;;/h2-3,6-7H,4-5,8-9H2,1H3;1H4;1H/q+1;;/p-1. The van der Waals surface area contributed by atoms with Gasteiger partial charge < -0.3 is 17.0 Å². The summed E-state index contributed by atoms with van der Waals surface area (Å²) in [5, 5.41) is 0. The van der Waals surface area contributed by atoms with Crippen molar-refractivity contribution in [2.24, 2.45) is 7.05 Å². The number of benzene rings is 1. The largest absolute Gasteiger partial charge is 1.00 e. The van der Waals surface area contributed by atoms with Gasteiger partial charge in [-0.05, 0) is 25.0 Å². The van der Waals surface area contributed by atoms with Crippen LogP contribution in [0.4, 0.5) is 0 Å². The van der Waals surface area contributed by atoms with Gasteiger partial charge in [0.2, 0.25) is 0 Å². The van der Waals surface area contributed by atoms with Crippen LogP contribution in [0, 0.1) is 0 Å². The van der Waals surface area contributed by atoms with Crippen molar-refractivity contribution in [1.82, 2.24) is 4.57 Å². The minimum Gasteiger partial charge on any atom is -1.00 e. The van der Waals surface area contributed by atoms with E-state index in [1.54, 1.807) is 0 Å². The Hall–Kier alpha value is -0.830. The third-order valence-electron chi connectivity index (χ3n) is 3.26. The molecule has 1 aromatic carbocycles. The molecular weight excluding hydrogens is 264 g/mol. The van der Waals surface area contributed by atoms with E-state index >= 15 is 0 Å². The second-order valence-electron chi connectivity index (χ2n) is 4.07. The number of fused-ring (bicyclic) bond motifs is 3. The molecule has 0 N–H and O–H groups in total. The average Bonchev–Trinajstić information content (AvgIpc) is 2.55. The number of para-hydroxylation sites is 2. The van der Waals surface area contributed by atoms with Crippen LogP contribution in [0.15, 0.2) is 24.3 Å². The topological polar surface area (TPSA) is 8.81 Å². The van der Waals surface area contributed by atoms with E-state index in [1.807, 2.05) is 0 Å². The summed E-state index contributed by atoms with van der Waals surface area (Å²) in [7, 11) is 2.18. The molecule has 1 aliphatic heterocycles. The first-order chi connectivity index (χ1) is 6.88. The zero-order chi connectivity index (χ0) is 9.54. The third-order valence-corrected chi connectivity index (χ3v) is 3.26. The van der Waals surface area contributed by atoms with Crippen LogP contribution in [0.2, 0.25) is 0 Å². The van der Waals surface area contributed by atoms with Crippen molar-refractivity contribution < 1.29 is 21.5 Å². The molecule has 0 amide bonds. The number of aryl methyl sites for hydroxylation is 2. The highest BCUT2D eigenvalue weighted by Gasteiger charge is 2.24. The highest BCUT2D eigenvalue weighted by molar-refractivity contribution is 5.72. The van der Waals surface area contributed by atoms with Gasteiger partial charge in [-0.1, -0.05) is 19.6 Å². The van der Waals surface area contributed by atoms with Gasteiger partial charge in [0.15, 0.2) is 11.0 Å². The lowest BCUT2D eigenvalue weighted by Gasteiger charge is -2.08. The van der Waals surface area contributed by atoms with Crippen LogP contribution >= 0.6 is 0 Å². The van der Waals surface area contributed by atoms with Crippen LogP contribution in [0.25, 0.3) is 11.0 Å². The van der Waals surface area contributed by atoms with Crippen molar-refractivity contribution in [2.45, 2.75) is 33.2 Å². The molecule has 2 aromatic rings. The summed E-state index contributed by atoms with van der Waals surface area (Å²) in [5.74, 6) is 1.48. The first kappa shape index (κ1) is 13.2. The lowest BCUT2D eigenvalue weighted by Crippen LogP contribution is -3.00. The minimum absolute atomic E-state index is 0.